The van der Waals surface area contributed by atoms with Gasteiger partial charge in [0.1, 0.15) is 11.6 Å². The molecule has 2 aromatic rings. The maximum atomic E-state index is 13.0. The van der Waals surface area contributed by atoms with E-state index in [4.69, 9.17) is 0 Å². The molecule has 0 spiro atoms. The molecule has 1 aliphatic heterocycles. The first kappa shape index (κ1) is 19.5. The van der Waals surface area contributed by atoms with Crippen molar-refractivity contribution in [2.24, 2.45) is 7.05 Å². The smallest absolute Gasteiger partial charge is 0.253 e. The lowest BCUT2D eigenvalue weighted by Crippen LogP contribution is -2.39. The van der Waals surface area contributed by atoms with E-state index in [1.54, 1.807) is 6.20 Å². The van der Waals surface area contributed by atoms with Crippen LogP contribution in [-0.4, -0.2) is 62.6 Å². The highest BCUT2D eigenvalue weighted by molar-refractivity contribution is 5.94. The van der Waals surface area contributed by atoms with Gasteiger partial charge in [0.2, 0.25) is 0 Å². The molecule has 1 saturated heterocycles. The van der Waals surface area contributed by atoms with Crippen LogP contribution in [0.15, 0.2) is 18.3 Å². The van der Waals surface area contributed by atoms with Crippen molar-refractivity contribution in [3.8, 4) is 0 Å². The Labute approximate surface area is 161 Å². The fourth-order valence-corrected chi connectivity index (χ4v) is 3.71. The summed E-state index contributed by atoms with van der Waals surface area (Å²) in [5.41, 5.74) is 1.72. The molecule has 146 valence electrons. The van der Waals surface area contributed by atoms with Crippen LogP contribution in [0.1, 0.15) is 59.8 Å². The van der Waals surface area contributed by atoms with E-state index in [1.807, 2.05) is 38.2 Å². The number of carbonyl (C=O) groups is 1. The van der Waals surface area contributed by atoms with Gasteiger partial charge in [-0.15, -0.1) is 10.2 Å². The van der Waals surface area contributed by atoms with Crippen LogP contribution in [0.3, 0.4) is 0 Å². The van der Waals surface area contributed by atoms with Crippen LogP contribution in [0, 0.1) is 0 Å². The van der Waals surface area contributed by atoms with Crippen molar-refractivity contribution < 1.29 is 4.79 Å². The van der Waals surface area contributed by atoms with Crippen LogP contribution in [0.25, 0.3) is 0 Å². The van der Waals surface area contributed by atoms with E-state index >= 15 is 0 Å². The summed E-state index contributed by atoms with van der Waals surface area (Å²) in [4.78, 5) is 21.4. The molecule has 3 heterocycles. The average molecular weight is 371 g/mol. The number of pyridine rings is 1. The van der Waals surface area contributed by atoms with E-state index in [2.05, 4.69) is 31.6 Å². The molecule has 0 aliphatic carbocycles. The van der Waals surface area contributed by atoms with Gasteiger partial charge in [0.15, 0.2) is 0 Å². The van der Waals surface area contributed by atoms with Crippen LogP contribution < -0.4 is 0 Å². The second kappa shape index (κ2) is 8.61. The number of aryl methyl sites for hydroxylation is 1. The van der Waals surface area contributed by atoms with Crippen molar-refractivity contribution in [3.63, 3.8) is 0 Å². The van der Waals surface area contributed by atoms with Gasteiger partial charge in [-0.1, -0.05) is 13.3 Å². The van der Waals surface area contributed by atoms with E-state index < -0.39 is 0 Å². The van der Waals surface area contributed by atoms with Gasteiger partial charge in [-0.2, -0.15) is 0 Å². The zero-order valence-corrected chi connectivity index (χ0v) is 16.9. The minimum atomic E-state index is 0.0927. The molecule has 7 nitrogen and oxygen atoms in total. The summed E-state index contributed by atoms with van der Waals surface area (Å²) in [6.07, 6.45) is 5.69. The van der Waals surface area contributed by atoms with Gasteiger partial charge in [-0.3, -0.25) is 9.78 Å². The Morgan fingerprint density at radius 1 is 1.33 bits per heavy atom. The Bertz CT molecular complexity index is 785. The molecule has 3 rings (SSSR count). The summed E-state index contributed by atoms with van der Waals surface area (Å²) in [7, 11) is 6.07. The lowest BCUT2D eigenvalue weighted by atomic mass is 9.96. The molecule has 1 fully saturated rings. The van der Waals surface area contributed by atoms with Gasteiger partial charge in [-0.05, 0) is 45.5 Å². The van der Waals surface area contributed by atoms with Crippen molar-refractivity contribution in [1.82, 2.24) is 29.5 Å². The molecule has 0 N–H and O–H groups in total. The number of hydrogen-bond donors (Lipinski definition) is 0. The Morgan fingerprint density at radius 3 is 2.89 bits per heavy atom. The summed E-state index contributed by atoms with van der Waals surface area (Å²) in [6, 6.07) is 3.76. The van der Waals surface area contributed by atoms with E-state index in [-0.39, 0.29) is 11.8 Å². The SMILES string of the molecule is CCCc1cc(C(=O)N2CCC[C@@H](c3nnc(CN(C)C)n3C)C2)ccn1. The number of carbonyl (C=O) groups excluding carboxylic acids is 1. The number of amides is 1. The second-order valence-corrected chi connectivity index (χ2v) is 7.65. The maximum absolute atomic E-state index is 13.0. The molecule has 0 bridgehead atoms. The summed E-state index contributed by atoms with van der Waals surface area (Å²) in [5.74, 6) is 2.26. The van der Waals surface area contributed by atoms with Crippen molar-refractivity contribution in [2.45, 2.75) is 45.1 Å². The second-order valence-electron chi connectivity index (χ2n) is 7.65. The van der Waals surface area contributed by atoms with E-state index in [9.17, 15) is 4.79 Å². The van der Waals surface area contributed by atoms with Crippen molar-refractivity contribution in [2.75, 3.05) is 27.2 Å². The normalized spacial score (nSPS) is 17.5. The number of piperidine rings is 1. The van der Waals surface area contributed by atoms with E-state index in [0.717, 1.165) is 61.7 Å². The molecule has 1 aliphatic rings. The lowest BCUT2D eigenvalue weighted by molar-refractivity contribution is 0.0703. The fraction of sp³-hybridized carbons (Fsp3) is 0.600. The quantitative estimate of drug-likeness (QED) is 0.780. The Kier molecular flexibility index (Phi) is 6.21. The summed E-state index contributed by atoms with van der Waals surface area (Å²) >= 11 is 0. The van der Waals surface area contributed by atoms with Crippen LogP contribution in [0.4, 0.5) is 0 Å². The summed E-state index contributed by atoms with van der Waals surface area (Å²) in [5, 5.41) is 8.79. The molecule has 27 heavy (non-hydrogen) atoms. The Hall–Kier alpha value is -2.28. The molecular formula is C20H30N6O. The van der Waals surface area contributed by atoms with Gasteiger partial charge in [0.25, 0.3) is 5.91 Å². The molecule has 0 unspecified atom stereocenters. The van der Waals surface area contributed by atoms with Crippen LogP contribution in [0.2, 0.25) is 0 Å². The minimum absolute atomic E-state index is 0.0927. The highest BCUT2D eigenvalue weighted by atomic mass is 16.2. The first-order valence-electron chi connectivity index (χ1n) is 9.76. The predicted octanol–water partition coefficient (Wildman–Crippen LogP) is 2.24. The van der Waals surface area contributed by atoms with E-state index in [0.29, 0.717) is 6.54 Å². The summed E-state index contributed by atoms with van der Waals surface area (Å²) < 4.78 is 2.09. The number of rotatable bonds is 6. The van der Waals surface area contributed by atoms with Crippen molar-refractivity contribution in [1.29, 1.82) is 0 Å². The third kappa shape index (κ3) is 4.53. The number of aromatic nitrogens is 4. The molecule has 2 aromatic heterocycles. The van der Waals surface area contributed by atoms with Crippen molar-refractivity contribution in [3.05, 3.63) is 41.2 Å². The first-order valence-corrected chi connectivity index (χ1v) is 9.76. The third-order valence-corrected chi connectivity index (χ3v) is 5.10. The topological polar surface area (TPSA) is 67.2 Å². The number of likely N-dealkylation sites (tertiary alicyclic amines) is 1. The lowest BCUT2D eigenvalue weighted by Gasteiger charge is -2.32. The first-order chi connectivity index (χ1) is 13.0. The van der Waals surface area contributed by atoms with Gasteiger partial charge in [0.05, 0.1) is 6.54 Å². The van der Waals surface area contributed by atoms with Gasteiger partial charge in [-0.25, -0.2) is 0 Å². The molecule has 1 amide bonds. The molecular weight excluding hydrogens is 340 g/mol. The average Bonchev–Trinajstić information content (AvgIpc) is 3.01. The van der Waals surface area contributed by atoms with E-state index in [1.165, 1.54) is 0 Å². The number of hydrogen-bond acceptors (Lipinski definition) is 5. The monoisotopic (exact) mass is 370 g/mol. The fourth-order valence-electron chi connectivity index (χ4n) is 3.71. The zero-order valence-electron chi connectivity index (χ0n) is 16.9. The van der Waals surface area contributed by atoms with Gasteiger partial charge >= 0.3 is 0 Å². The highest BCUT2D eigenvalue weighted by Gasteiger charge is 2.29. The van der Waals surface area contributed by atoms with Crippen molar-refractivity contribution >= 4 is 5.91 Å². The Morgan fingerprint density at radius 2 is 2.15 bits per heavy atom. The predicted molar refractivity (Wildman–Crippen MR) is 105 cm³/mol. The minimum Gasteiger partial charge on any atom is -0.338 e. The molecule has 0 saturated carbocycles. The molecule has 0 radical (unpaired) electrons. The summed E-state index contributed by atoms with van der Waals surface area (Å²) in [6.45, 7) is 4.37. The maximum Gasteiger partial charge on any atom is 0.253 e. The standard InChI is InChI=1S/C20H30N6O/c1-5-7-17-12-15(9-10-21-17)20(27)26-11-6-8-16(13-26)19-23-22-18(25(19)4)14-24(2)3/h9-10,12,16H,5-8,11,13-14H2,1-4H3/t16-/m1/s1. The van der Waals surface area contributed by atoms with Crippen LogP contribution >= 0.6 is 0 Å². The molecule has 0 aromatic carbocycles. The number of nitrogens with zero attached hydrogens (tertiary/aromatic N) is 6. The van der Waals surface area contributed by atoms with Gasteiger partial charge < -0.3 is 14.4 Å². The third-order valence-electron chi connectivity index (χ3n) is 5.10. The molecule has 7 heteroatoms. The van der Waals surface area contributed by atoms with Gasteiger partial charge in [0, 0.05) is 43.5 Å². The van der Waals surface area contributed by atoms with Crippen LogP contribution in [-0.2, 0) is 20.0 Å². The zero-order chi connectivity index (χ0) is 19.4. The molecule has 1 atom stereocenters. The largest absolute Gasteiger partial charge is 0.338 e. The Balaban J connectivity index is 1.73. The van der Waals surface area contributed by atoms with Crippen LogP contribution in [0.5, 0.6) is 0 Å². The highest BCUT2D eigenvalue weighted by Crippen LogP contribution is 2.27.